The lowest BCUT2D eigenvalue weighted by Crippen LogP contribution is -2.05. The van der Waals surface area contributed by atoms with Crippen molar-refractivity contribution >= 4 is 11.6 Å². The van der Waals surface area contributed by atoms with Crippen molar-refractivity contribution in [3.05, 3.63) is 53.5 Å². The number of hydrogen-bond donors (Lipinski definition) is 0. The number of benzene rings is 1. The molecule has 0 unspecified atom stereocenters. The Labute approximate surface area is 117 Å². The first-order chi connectivity index (χ1) is 9.61. The Bertz CT molecular complexity index is 611. The van der Waals surface area contributed by atoms with Gasteiger partial charge in [0, 0.05) is 18.4 Å². The first-order valence-corrected chi connectivity index (χ1v) is 6.36. The van der Waals surface area contributed by atoms with Crippen LogP contribution < -0.4 is 4.74 Å². The van der Waals surface area contributed by atoms with Gasteiger partial charge >= 0.3 is 0 Å². The number of aryl methyl sites for hydroxylation is 1. The van der Waals surface area contributed by atoms with Gasteiger partial charge in [-0.1, -0.05) is 12.1 Å². The summed E-state index contributed by atoms with van der Waals surface area (Å²) in [7, 11) is 1.57. The third kappa shape index (κ3) is 3.15. The molecule has 0 saturated heterocycles. The zero-order chi connectivity index (χ0) is 14.5. The average molecular weight is 272 g/mol. The van der Waals surface area contributed by atoms with Gasteiger partial charge in [-0.3, -0.25) is 9.59 Å². The summed E-state index contributed by atoms with van der Waals surface area (Å²) in [6.45, 7) is 1.91. The maximum Gasteiger partial charge on any atom is 0.198 e. The highest BCUT2D eigenvalue weighted by Gasteiger charge is 2.13. The highest BCUT2D eigenvalue weighted by atomic mass is 16.5. The van der Waals surface area contributed by atoms with E-state index in [0.717, 1.165) is 5.56 Å². The summed E-state index contributed by atoms with van der Waals surface area (Å²) in [5, 5.41) is 0. The van der Waals surface area contributed by atoms with E-state index in [1.165, 1.54) is 6.26 Å². The molecule has 20 heavy (non-hydrogen) atoms. The molecule has 2 rings (SSSR count). The molecule has 0 aliphatic heterocycles. The zero-order valence-corrected chi connectivity index (χ0v) is 11.5. The van der Waals surface area contributed by atoms with Crippen LogP contribution in [0.1, 0.15) is 39.3 Å². The molecule has 0 fully saturated rings. The molecular formula is C16H16O4. The summed E-state index contributed by atoms with van der Waals surface area (Å²) in [5.41, 5.74) is 1.52. The van der Waals surface area contributed by atoms with Gasteiger partial charge in [0.05, 0.1) is 13.4 Å². The molecule has 1 aromatic carbocycles. The predicted molar refractivity (Wildman–Crippen MR) is 74.3 cm³/mol. The van der Waals surface area contributed by atoms with Gasteiger partial charge in [0.15, 0.2) is 17.3 Å². The van der Waals surface area contributed by atoms with Crippen LogP contribution in [0.15, 0.2) is 41.0 Å². The van der Waals surface area contributed by atoms with Crippen molar-refractivity contribution in [2.75, 3.05) is 7.11 Å². The lowest BCUT2D eigenvalue weighted by molar-refractivity contribution is 0.0902. The minimum absolute atomic E-state index is 0.0804. The Morgan fingerprint density at radius 3 is 2.55 bits per heavy atom. The number of furan rings is 1. The third-order valence-corrected chi connectivity index (χ3v) is 3.11. The Balaban J connectivity index is 2.00. The minimum atomic E-state index is -0.164. The Morgan fingerprint density at radius 2 is 1.90 bits per heavy atom. The standard InChI is InChI=1S/C16H16O4/c1-11-5-6-12(10-16(11)19-2)13(17)7-8-14(18)15-4-3-9-20-15/h3-6,9-10H,7-8H2,1-2H3. The Hall–Kier alpha value is -2.36. The van der Waals surface area contributed by atoms with Gasteiger partial charge in [-0.25, -0.2) is 0 Å². The number of carbonyl (C=O) groups excluding carboxylic acids is 2. The highest BCUT2D eigenvalue weighted by Crippen LogP contribution is 2.20. The molecule has 1 heterocycles. The summed E-state index contributed by atoms with van der Waals surface area (Å²) >= 11 is 0. The lowest BCUT2D eigenvalue weighted by Gasteiger charge is -2.06. The van der Waals surface area contributed by atoms with Crippen LogP contribution in [0, 0.1) is 6.92 Å². The second-order valence-corrected chi connectivity index (χ2v) is 4.51. The number of Topliss-reactive ketones (excluding diaryl/α,β-unsaturated/α-hetero) is 2. The van der Waals surface area contributed by atoms with E-state index in [9.17, 15) is 9.59 Å². The molecule has 4 heteroatoms. The molecule has 0 aliphatic rings. The van der Waals surface area contributed by atoms with E-state index in [-0.39, 0.29) is 24.4 Å². The number of hydrogen-bond acceptors (Lipinski definition) is 4. The van der Waals surface area contributed by atoms with Gasteiger partial charge in [0.1, 0.15) is 5.75 Å². The molecule has 4 nitrogen and oxygen atoms in total. The van der Waals surface area contributed by atoms with Crippen LogP contribution in [0.5, 0.6) is 5.75 Å². The largest absolute Gasteiger partial charge is 0.496 e. The first kappa shape index (κ1) is 14.1. The number of rotatable bonds is 6. The third-order valence-electron chi connectivity index (χ3n) is 3.11. The van der Waals surface area contributed by atoms with E-state index in [0.29, 0.717) is 17.1 Å². The van der Waals surface area contributed by atoms with Crippen molar-refractivity contribution in [1.29, 1.82) is 0 Å². The molecule has 104 valence electrons. The highest BCUT2D eigenvalue weighted by molar-refractivity contribution is 6.01. The second kappa shape index (κ2) is 6.19. The van der Waals surface area contributed by atoms with E-state index in [4.69, 9.17) is 9.15 Å². The molecule has 0 radical (unpaired) electrons. The van der Waals surface area contributed by atoms with Crippen LogP contribution in [0.2, 0.25) is 0 Å². The average Bonchev–Trinajstić information content (AvgIpc) is 2.99. The molecule has 1 aromatic heterocycles. The number of ether oxygens (including phenoxy) is 1. The van der Waals surface area contributed by atoms with Crippen LogP contribution in [-0.4, -0.2) is 18.7 Å². The quantitative estimate of drug-likeness (QED) is 0.756. The maximum absolute atomic E-state index is 12.1. The fraction of sp³-hybridized carbons (Fsp3) is 0.250. The van der Waals surface area contributed by atoms with Gasteiger partial charge in [-0.2, -0.15) is 0 Å². The predicted octanol–water partition coefficient (Wildman–Crippen LogP) is 3.44. The van der Waals surface area contributed by atoms with Crippen LogP contribution in [0.25, 0.3) is 0 Å². The van der Waals surface area contributed by atoms with E-state index < -0.39 is 0 Å². The number of ketones is 2. The summed E-state index contributed by atoms with van der Waals surface area (Å²) in [6, 6.07) is 8.54. The molecule has 0 atom stereocenters. The van der Waals surface area contributed by atoms with Gasteiger partial charge in [0.2, 0.25) is 0 Å². The molecule has 2 aromatic rings. The summed E-state index contributed by atoms with van der Waals surface area (Å²) in [6.07, 6.45) is 1.74. The molecule has 0 spiro atoms. The van der Waals surface area contributed by atoms with Crippen molar-refractivity contribution in [2.24, 2.45) is 0 Å². The van der Waals surface area contributed by atoms with Gasteiger partial charge in [-0.05, 0) is 30.7 Å². The van der Waals surface area contributed by atoms with Crippen molar-refractivity contribution in [3.63, 3.8) is 0 Å². The number of methoxy groups -OCH3 is 1. The fourth-order valence-corrected chi connectivity index (χ4v) is 1.93. The fourth-order valence-electron chi connectivity index (χ4n) is 1.93. The number of carbonyl (C=O) groups is 2. The van der Waals surface area contributed by atoms with Crippen LogP contribution >= 0.6 is 0 Å². The lowest BCUT2D eigenvalue weighted by atomic mass is 10.0. The van der Waals surface area contributed by atoms with E-state index in [1.54, 1.807) is 31.4 Å². The van der Waals surface area contributed by atoms with Crippen molar-refractivity contribution in [3.8, 4) is 5.75 Å². The topological polar surface area (TPSA) is 56.5 Å². The normalized spacial score (nSPS) is 10.3. The van der Waals surface area contributed by atoms with Gasteiger partial charge in [0.25, 0.3) is 0 Å². The first-order valence-electron chi connectivity index (χ1n) is 6.36. The van der Waals surface area contributed by atoms with Crippen LogP contribution in [0.4, 0.5) is 0 Å². The smallest absolute Gasteiger partial charge is 0.198 e. The van der Waals surface area contributed by atoms with E-state index >= 15 is 0 Å². The molecule has 0 aliphatic carbocycles. The van der Waals surface area contributed by atoms with Gasteiger partial charge in [-0.15, -0.1) is 0 Å². The molecule has 0 amide bonds. The van der Waals surface area contributed by atoms with E-state index in [2.05, 4.69) is 0 Å². The van der Waals surface area contributed by atoms with Crippen molar-refractivity contribution in [2.45, 2.75) is 19.8 Å². The van der Waals surface area contributed by atoms with Crippen LogP contribution in [-0.2, 0) is 0 Å². The van der Waals surface area contributed by atoms with Crippen LogP contribution in [0.3, 0.4) is 0 Å². The Kier molecular flexibility index (Phi) is 4.35. The van der Waals surface area contributed by atoms with E-state index in [1.807, 2.05) is 13.0 Å². The molecular weight excluding hydrogens is 256 g/mol. The van der Waals surface area contributed by atoms with Gasteiger partial charge < -0.3 is 9.15 Å². The summed E-state index contributed by atoms with van der Waals surface area (Å²) < 4.78 is 10.2. The summed E-state index contributed by atoms with van der Waals surface area (Å²) in [5.74, 6) is 0.720. The maximum atomic E-state index is 12.1. The Morgan fingerprint density at radius 1 is 1.15 bits per heavy atom. The molecule has 0 saturated carbocycles. The molecule has 0 N–H and O–H groups in total. The SMILES string of the molecule is COc1cc(C(=O)CCC(=O)c2ccco2)ccc1C. The minimum Gasteiger partial charge on any atom is -0.496 e. The zero-order valence-electron chi connectivity index (χ0n) is 11.5. The summed E-state index contributed by atoms with van der Waals surface area (Å²) in [4.78, 5) is 23.8. The van der Waals surface area contributed by atoms with Crippen molar-refractivity contribution < 1.29 is 18.7 Å². The molecule has 0 bridgehead atoms. The van der Waals surface area contributed by atoms with Crippen molar-refractivity contribution in [1.82, 2.24) is 0 Å². The monoisotopic (exact) mass is 272 g/mol. The second-order valence-electron chi connectivity index (χ2n) is 4.51.